The molecule has 3 aromatic carbocycles. The number of rotatable bonds is 8. The van der Waals surface area contributed by atoms with Crippen LogP contribution in [-0.2, 0) is 25.4 Å². The number of aliphatic hydroxyl groups excluding tert-OH is 2. The molecule has 0 spiro atoms. The van der Waals surface area contributed by atoms with Gasteiger partial charge in [-0.2, -0.15) is 0 Å². The zero-order chi connectivity index (χ0) is 30.7. The Morgan fingerprint density at radius 1 is 0.907 bits per heavy atom. The van der Waals surface area contributed by atoms with Gasteiger partial charge in [-0.3, -0.25) is 0 Å². The van der Waals surface area contributed by atoms with Crippen LogP contribution in [0.5, 0.6) is 11.5 Å². The molecule has 0 aromatic heterocycles. The van der Waals surface area contributed by atoms with Gasteiger partial charge in [-0.1, -0.05) is 30.3 Å². The quantitative estimate of drug-likeness (QED) is 0.318. The molecule has 226 valence electrons. The van der Waals surface area contributed by atoms with E-state index in [1.54, 1.807) is 31.3 Å². The van der Waals surface area contributed by atoms with E-state index in [0.717, 1.165) is 33.6 Å². The molecule has 0 bridgehead atoms. The van der Waals surface area contributed by atoms with Crippen LogP contribution in [0.4, 0.5) is 0 Å². The predicted molar refractivity (Wildman–Crippen MR) is 164 cm³/mol. The van der Waals surface area contributed by atoms with Crippen molar-refractivity contribution in [1.29, 1.82) is 0 Å². The van der Waals surface area contributed by atoms with Crippen LogP contribution in [-0.4, -0.2) is 54.4 Å². The van der Waals surface area contributed by atoms with Crippen LogP contribution in [0.3, 0.4) is 0 Å². The van der Waals surface area contributed by atoms with Crippen LogP contribution in [0.25, 0.3) is 11.1 Å². The largest absolute Gasteiger partial charge is 0.636 e. The second kappa shape index (κ2) is 12.5. The van der Waals surface area contributed by atoms with Crippen molar-refractivity contribution in [3.8, 4) is 22.6 Å². The van der Waals surface area contributed by atoms with E-state index < -0.39 is 12.9 Å². The van der Waals surface area contributed by atoms with Gasteiger partial charge in [0.05, 0.1) is 19.0 Å². The summed E-state index contributed by atoms with van der Waals surface area (Å²) in [6.07, 6.45) is 2.56. The highest BCUT2D eigenvalue weighted by Gasteiger charge is 2.33. The van der Waals surface area contributed by atoms with Gasteiger partial charge in [-0.25, -0.2) is 0 Å². The van der Waals surface area contributed by atoms with Gasteiger partial charge >= 0.3 is 7.12 Å². The molecule has 3 aromatic rings. The molecule has 0 radical (unpaired) electrons. The molecule has 2 aliphatic heterocycles. The van der Waals surface area contributed by atoms with E-state index in [-0.39, 0.29) is 18.0 Å². The van der Waals surface area contributed by atoms with Gasteiger partial charge in [-0.05, 0) is 92.3 Å². The van der Waals surface area contributed by atoms with Crippen molar-refractivity contribution in [2.45, 2.75) is 53.1 Å². The van der Waals surface area contributed by atoms with Crippen LogP contribution in [0, 0.1) is 20.8 Å². The first-order chi connectivity index (χ1) is 20.5. The highest BCUT2D eigenvalue weighted by molar-refractivity contribution is 6.61. The average molecular weight is 587 g/mol. The lowest BCUT2D eigenvalue weighted by Crippen LogP contribution is -2.37. The van der Waals surface area contributed by atoms with Crippen molar-refractivity contribution in [2.24, 2.45) is 0 Å². The number of aliphatic hydroxyl groups is 2. The van der Waals surface area contributed by atoms with Crippen LogP contribution < -0.4 is 14.9 Å². The summed E-state index contributed by atoms with van der Waals surface area (Å²) in [6, 6.07) is 17.5. The van der Waals surface area contributed by atoms with Crippen molar-refractivity contribution in [2.75, 3.05) is 20.3 Å². The molecular weight excluding hydrogens is 549 g/mol. The van der Waals surface area contributed by atoms with Gasteiger partial charge in [0.1, 0.15) is 30.8 Å². The first kappa shape index (κ1) is 30.2. The molecule has 2 heterocycles. The molecule has 9 nitrogen and oxygen atoms in total. The molecule has 43 heavy (non-hydrogen) atoms. The SMILES string of the molecule is Cc1cc(OC[C@H]2COC(C)(C)O2)cc(C)c1-c1cccc(COc2ccc(B3OC(O)=CN(C)/C=C(/O)O3)cc2)c1C. The van der Waals surface area contributed by atoms with E-state index in [1.807, 2.05) is 19.9 Å². The Morgan fingerprint density at radius 2 is 1.56 bits per heavy atom. The molecule has 2 N–H and O–H groups in total. The maximum Gasteiger partial charge on any atom is 0.636 e. The zero-order valence-electron chi connectivity index (χ0n) is 25.4. The van der Waals surface area contributed by atoms with Crippen LogP contribution in [0.15, 0.2) is 78.9 Å². The molecule has 0 unspecified atom stereocenters. The normalized spacial score (nSPS) is 19.3. The summed E-state index contributed by atoms with van der Waals surface area (Å²) in [5.41, 5.74) is 7.40. The fraction of sp³-hybridized carbons (Fsp3) is 0.333. The molecule has 10 heteroatoms. The van der Waals surface area contributed by atoms with E-state index in [1.165, 1.54) is 22.9 Å². The summed E-state index contributed by atoms with van der Waals surface area (Å²) in [4.78, 5) is 1.42. The first-order valence-corrected chi connectivity index (χ1v) is 14.2. The third kappa shape index (κ3) is 7.39. The van der Waals surface area contributed by atoms with Crippen LogP contribution in [0.2, 0.25) is 0 Å². The molecule has 1 fully saturated rings. The minimum atomic E-state index is -1.02. The molecule has 0 amide bonds. The van der Waals surface area contributed by atoms with Crippen molar-refractivity contribution in [1.82, 2.24) is 4.90 Å². The summed E-state index contributed by atoms with van der Waals surface area (Å²) >= 11 is 0. The number of aryl methyl sites for hydroxylation is 2. The fourth-order valence-electron chi connectivity index (χ4n) is 5.29. The lowest BCUT2D eigenvalue weighted by Gasteiger charge is -2.20. The van der Waals surface area contributed by atoms with E-state index in [2.05, 4.69) is 45.0 Å². The summed E-state index contributed by atoms with van der Waals surface area (Å²) in [5.74, 6) is 0.232. The monoisotopic (exact) mass is 587 g/mol. The van der Waals surface area contributed by atoms with E-state index in [9.17, 15) is 10.2 Å². The van der Waals surface area contributed by atoms with Crippen molar-refractivity contribution < 1.29 is 38.5 Å². The minimum Gasteiger partial charge on any atom is -0.494 e. The number of benzene rings is 3. The van der Waals surface area contributed by atoms with E-state index in [0.29, 0.717) is 31.0 Å². The van der Waals surface area contributed by atoms with E-state index >= 15 is 0 Å². The second-order valence-electron chi connectivity index (χ2n) is 11.3. The zero-order valence-corrected chi connectivity index (χ0v) is 25.4. The van der Waals surface area contributed by atoms with Gasteiger partial charge in [0.25, 0.3) is 11.9 Å². The van der Waals surface area contributed by atoms with Crippen LogP contribution in [0.1, 0.15) is 36.1 Å². The minimum absolute atomic E-state index is 0.0909. The molecular formula is C33H38BNO8. The highest BCUT2D eigenvalue weighted by atomic mass is 16.7. The first-order valence-electron chi connectivity index (χ1n) is 14.2. The molecule has 5 rings (SSSR count). The standard InChI is InChI=1S/C33H38BNO8/c1-21-14-27(39-19-28-20-40-33(4,5)41-28)15-22(2)32(21)29-9-7-8-24(23(29)3)18-38-26-12-10-25(11-13-26)34-42-30(36)16-35(6)17-31(37)43-34/h7-17,28,36-37H,18-20H2,1-6H3/b30-16-,31-17?/t28-/m0/s1. The summed E-state index contributed by atoms with van der Waals surface area (Å²) in [7, 11) is 0.608. The topological polar surface area (TPSA) is 99.1 Å². The second-order valence-corrected chi connectivity index (χ2v) is 11.3. The maximum atomic E-state index is 9.99. The highest BCUT2D eigenvalue weighted by Crippen LogP contribution is 2.35. The Hall–Kier alpha value is -4.28. The molecule has 0 saturated carbocycles. The average Bonchev–Trinajstić information content (AvgIpc) is 3.29. The number of hydrogen-bond acceptors (Lipinski definition) is 9. The van der Waals surface area contributed by atoms with Gasteiger partial charge < -0.3 is 43.4 Å². The van der Waals surface area contributed by atoms with Crippen molar-refractivity contribution in [3.63, 3.8) is 0 Å². The van der Waals surface area contributed by atoms with Gasteiger partial charge in [0.15, 0.2) is 5.79 Å². The number of hydrogen-bond donors (Lipinski definition) is 2. The van der Waals surface area contributed by atoms with Gasteiger partial charge in [0, 0.05) is 12.5 Å². The Morgan fingerprint density at radius 3 is 2.16 bits per heavy atom. The Bertz CT molecular complexity index is 1470. The maximum absolute atomic E-state index is 9.99. The lowest BCUT2D eigenvalue weighted by atomic mass is 9.79. The van der Waals surface area contributed by atoms with Crippen molar-refractivity contribution >= 4 is 12.6 Å². The molecule has 1 saturated heterocycles. The smallest absolute Gasteiger partial charge is 0.494 e. The summed E-state index contributed by atoms with van der Waals surface area (Å²) in [5, 5.41) is 20.0. The van der Waals surface area contributed by atoms with Crippen molar-refractivity contribution in [3.05, 3.63) is 101 Å². The Kier molecular flexibility index (Phi) is 8.80. The fourth-order valence-corrected chi connectivity index (χ4v) is 5.29. The van der Waals surface area contributed by atoms with E-state index in [4.69, 9.17) is 28.3 Å². The molecule has 1 atom stereocenters. The third-order valence-corrected chi connectivity index (χ3v) is 7.36. The Labute approximate surface area is 253 Å². The predicted octanol–water partition coefficient (Wildman–Crippen LogP) is 5.78. The third-order valence-electron chi connectivity index (χ3n) is 7.36. The van der Waals surface area contributed by atoms with Gasteiger partial charge in [0.2, 0.25) is 0 Å². The number of ether oxygens (including phenoxy) is 4. The molecule has 2 aliphatic rings. The summed E-state index contributed by atoms with van der Waals surface area (Å²) in [6.45, 7) is 11.5. The number of nitrogens with zero attached hydrogens (tertiary/aromatic N) is 1. The Balaban J connectivity index is 1.25. The lowest BCUT2D eigenvalue weighted by molar-refractivity contribution is -0.141. The van der Waals surface area contributed by atoms with Gasteiger partial charge in [-0.15, -0.1) is 0 Å². The van der Waals surface area contributed by atoms with Crippen LogP contribution >= 0.6 is 0 Å². The summed E-state index contributed by atoms with van der Waals surface area (Å²) < 4.78 is 34.6. The molecule has 0 aliphatic carbocycles.